The minimum atomic E-state index is -0.420. The molecule has 2 aromatic carbocycles. The Kier molecular flexibility index (Phi) is 5.97. The lowest BCUT2D eigenvalue weighted by molar-refractivity contribution is -0.118. The number of ether oxygens (including phenoxy) is 1. The molecule has 0 heterocycles. The van der Waals surface area contributed by atoms with E-state index in [4.69, 9.17) is 22.2 Å². The summed E-state index contributed by atoms with van der Waals surface area (Å²) in [6.45, 7) is -0.187. The van der Waals surface area contributed by atoms with Gasteiger partial charge in [-0.05, 0) is 52.3 Å². The van der Waals surface area contributed by atoms with Gasteiger partial charge in [0, 0.05) is 16.3 Å². The highest BCUT2D eigenvalue weighted by Crippen LogP contribution is 2.26. The van der Waals surface area contributed by atoms with Gasteiger partial charge < -0.3 is 10.1 Å². The number of amides is 2. The summed E-state index contributed by atoms with van der Waals surface area (Å²) in [5.74, 6) is 4.75. The topological polar surface area (TPSA) is 93.4 Å². The van der Waals surface area contributed by atoms with E-state index in [9.17, 15) is 9.59 Å². The first kappa shape index (κ1) is 17.3. The predicted octanol–water partition coefficient (Wildman–Crippen LogP) is 2.72. The van der Waals surface area contributed by atoms with Crippen molar-refractivity contribution < 1.29 is 14.3 Å². The molecule has 0 aliphatic carbocycles. The number of hydrazine groups is 1. The second-order valence-corrected chi connectivity index (χ2v) is 5.76. The van der Waals surface area contributed by atoms with E-state index < -0.39 is 5.91 Å². The number of halogens is 2. The van der Waals surface area contributed by atoms with Gasteiger partial charge in [0.1, 0.15) is 5.75 Å². The first-order valence-electron chi connectivity index (χ1n) is 6.48. The monoisotopic (exact) mass is 397 g/mol. The fourth-order valence-electron chi connectivity index (χ4n) is 1.75. The van der Waals surface area contributed by atoms with Gasteiger partial charge in [-0.15, -0.1) is 0 Å². The molecule has 0 radical (unpaired) electrons. The second kappa shape index (κ2) is 7.96. The van der Waals surface area contributed by atoms with Crippen molar-refractivity contribution in [3.8, 4) is 5.75 Å². The number of carbonyl (C=O) groups is 2. The van der Waals surface area contributed by atoms with Crippen LogP contribution in [0, 0.1) is 0 Å². The van der Waals surface area contributed by atoms with Crippen molar-refractivity contribution in [3.63, 3.8) is 0 Å². The summed E-state index contributed by atoms with van der Waals surface area (Å²) in [5.41, 5.74) is 2.99. The van der Waals surface area contributed by atoms with Crippen molar-refractivity contribution >= 4 is 45.0 Å². The number of hydrogen-bond acceptors (Lipinski definition) is 4. The van der Waals surface area contributed by atoms with Crippen LogP contribution in [0.4, 0.5) is 5.69 Å². The number of anilines is 1. The van der Waals surface area contributed by atoms with Crippen LogP contribution in [-0.4, -0.2) is 18.4 Å². The SMILES string of the molecule is NNC(=O)c1ccc(OCC(=O)Nc2cccc(Cl)c2)c(Br)c1. The molecule has 0 saturated heterocycles. The normalized spacial score (nSPS) is 10.0. The average molecular weight is 399 g/mol. The Balaban J connectivity index is 1.95. The maximum Gasteiger partial charge on any atom is 0.265 e. The van der Waals surface area contributed by atoms with Gasteiger partial charge in [0.2, 0.25) is 0 Å². The molecule has 2 aromatic rings. The Morgan fingerprint density at radius 2 is 2.00 bits per heavy atom. The molecule has 0 aromatic heterocycles. The molecule has 0 fully saturated rings. The van der Waals surface area contributed by atoms with Crippen LogP contribution in [0.2, 0.25) is 5.02 Å². The molecule has 4 N–H and O–H groups in total. The first-order valence-corrected chi connectivity index (χ1v) is 7.65. The van der Waals surface area contributed by atoms with E-state index in [2.05, 4.69) is 21.2 Å². The summed E-state index contributed by atoms with van der Waals surface area (Å²) in [4.78, 5) is 23.3. The summed E-state index contributed by atoms with van der Waals surface area (Å²) < 4.78 is 5.95. The standard InChI is InChI=1S/C15H13BrClN3O3/c16-12-6-9(15(22)20-18)4-5-13(12)23-8-14(21)19-11-3-1-2-10(17)7-11/h1-7H,8,18H2,(H,19,21)(H,20,22). The van der Waals surface area contributed by atoms with Gasteiger partial charge in [0.15, 0.2) is 6.61 Å². The van der Waals surface area contributed by atoms with Crippen LogP contribution in [0.3, 0.4) is 0 Å². The average Bonchev–Trinajstić information content (AvgIpc) is 2.53. The molecule has 2 amide bonds. The van der Waals surface area contributed by atoms with Gasteiger partial charge in [-0.25, -0.2) is 5.84 Å². The molecular weight excluding hydrogens is 386 g/mol. The highest BCUT2D eigenvalue weighted by Gasteiger charge is 2.10. The van der Waals surface area contributed by atoms with E-state index >= 15 is 0 Å². The molecule has 23 heavy (non-hydrogen) atoms. The molecule has 0 atom stereocenters. The quantitative estimate of drug-likeness (QED) is 0.410. The number of rotatable bonds is 5. The molecular formula is C15H13BrClN3O3. The zero-order valence-electron chi connectivity index (χ0n) is 11.8. The summed E-state index contributed by atoms with van der Waals surface area (Å²) >= 11 is 9.12. The third kappa shape index (κ3) is 4.95. The van der Waals surface area contributed by atoms with E-state index in [1.165, 1.54) is 6.07 Å². The summed E-state index contributed by atoms with van der Waals surface area (Å²) in [6, 6.07) is 11.5. The number of nitrogen functional groups attached to an aromatic ring is 1. The van der Waals surface area contributed by atoms with Gasteiger partial charge in [-0.1, -0.05) is 17.7 Å². The van der Waals surface area contributed by atoms with Gasteiger partial charge in [-0.2, -0.15) is 0 Å². The lowest BCUT2D eigenvalue weighted by Gasteiger charge is -2.10. The van der Waals surface area contributed by atoms with Crippen molar-refractivity contribution in [2.45, 2.75) is 0 Å². The number of hydrogen-bond donors (Lipinski definition) is 3. The van der Waals surface area contributed by atoms with Crippen LogP contribution in [0.15, 0.2) is 46.9 Å². The van der Waals surface area contributed by atoms with Gasteiger partial charge in [-0.3, -0.25) is 15.0 Å². The third-order valence-corrected chi connectivity index (χ3v) is 3.65. The maximum atomic E-state index is 11.9. The van der Waals surface area contributed by atoms with Crippen LogP contribution in [0.5, 0.6) is 5.75 Å². The lowest BCUT2D eigenvalue weighted by Crippen LogP contribution is -2.29. The van der Waals surface area contributed by atoms with Crippen molar-refractivity contribution in [2.24, 2.45) is 5.84 Å². The van der Waals surface area contributed by atoms with Crippen molar-refractivity contribution in [2.75, 3.05) is 11.9 Å². The minimum Gasteiger partial charge on any atom is -0.483 e. The Morgan fingerprint density at radius 1 is 1.22 bits per heavy atom. The molecule has 0 aliphatic rings. The molecule has 2 rings (SSSR count). The van der Waals surface area contributed by atoms with Crippen LogP contribution >= 0.6 is 27.5 Å². The Morgan fingerprint density at radius 3 is 2.65 bits per heavy atom. The zero-order valence-corrected chi connectivity index (χ0v) is 14.1. The number of carbonyl (C=O) groups excluding carboxylic acids is 2. The molecule has 0 bridgehead atoms. The molecule has 0 saturated carbocycles. The summed E-state index contributed by atoms with van der Waals surface area (Å²) in [7, 11) is 0. The van der Waals surface area contributed by atoms with Crippen LogP contribution < -0.4 is 21.3 Å². The van der Waals surface area contributed by atoms with E-state index in [1.807, 2.05) is 5.43 Å². The first-order chi connectivity index (χ1) is 11.0. The molecule has 0 aliphatic heterocycles. The number of nitrogens with one attached hydrogen (secondary N) is 2. The number of benzene rings is 2. The highest BCUT2D eigenvalue weighted by atomic mass is 79.9. The van der Waals surface area contributed by atoms with Crippen LogP contribution in [0.25, 0.3) is 0 Å². The molecule has 120 valence electrons. The molecule has 6 nitrogen and oxygen atoms in total. The largest absolute Gasteiger partial charge is 0.483 e. The minimum absolute atomic E-state index is 0.187. The number of nitrogens with two attached hydrogens (primary N) is 1. The Bertz CT molecular complexity index is 740. The third-order valence-electron chi connectivity index (χ3n) is 2.79. The van der Waals surface area contributed by atoms with E-state index in [0.29, 0.717) is 26.5 Å². The molecule has 8 heteroatoms. The van der Waals surface area contributed by atoms with Crippen molar-refractivity contribution in [3.05, 3.63) is 57.5 Å². The Labute approximate surface area is 146 Å². The predicted molar refractivity (Wildman–Crippen MR) is 91.4 cm³/mol. The fourth-order valence-corrected chi connectivity index (χ4v) is 2.43. The van der Waals surface area contributed by atoms with E-state index in [0.717, 1.165) is 0 Å². The molecule has 0 unspecified atom stereocenters. The summed E-state index contributed by atoms with van der Waals surface area (Å²) in [5, 5.41) is 3.19. The fraction of sp³-hybridized carbons (Fsp3) is 0.0667. The van der Waals surface area contributed by atoms with Crippen LogP contribution in [0.1, 0.15) is 10.4 Å². The summed E-state index contributed by atoms with van der Waals surface area (Å²) in [6.07, 6.45) is 0. The van der Waals surface area contributed by atoms with Gasteiger partial charge >= 0.3 is 0 Å². The second-order valence-electron chi connectivity index (χ2n) is 4.47. The lowest BCUT2D eigenvalue weighted by atomic mass is 10.2. The van der Waals surface area contributed by atoms with Crippen molar-refractivity contribution in [1.29, 1.82) is 0 Å². The molecule has 0 spiro atoms. The van der Waals surface area contributed by atoms with Crippen LogP contribution in [-0.2, 0) is 4.79 Å². The zero-order chi connectivity index (χ0) is 16.8. The van der Waals surface area contributed by atoms with Gasteiger partial charge in [0.05, 0.1) is 4.47 Å². The van der Waals surface area contributed by atoms with E-state index in [-0.39, 0.29) is 12.5 Å². The van der Waals surface area contributed by atoms with E-state index in [1.54, 1.807) is 36.4 Å². The van der Waals surface area contributed by atoms with Crippen molar-refractivity contribution in [1.82, 2.24) is 5.43 Å². The maximum absolute atomic E-state index is 11.9. The Hall–Kier alpha value is -2.09. The highest BCUT2D eigenvalue weighted by molar-refractivity contribution is 9.10. The van der Waals surface area contributed by atoms with Gasteiger partial charge in [0.25, 0.3) is 11.8 Å². The smallest absolute Gasteiger partial charge is 0.265 e.